The van der Waals surface area contributed by atoms with E-state index in [1.807, 2.05) is 6.07 Å². The second-order valence-corrected chi connectivity index (χ2v) is 7.61. The van der Waals surface area contributed by atoms with Crippen molar-refractivity contribution in [2.24, 2.45) is 0 Å². The zero-order chi connectivity index (χ0) is 19.3. The van der Waals surface area contributed by atoms with Crippen LogP contribution in [0.4, 0.5) is 0 Å². The average molecular weight is 380 g/mol. The Kier molecular flexibility index (Phi) is 6.08. The molecule has 2 aliphatic rings. The molecule has 148 valence electrons. The minimum atomic E-state index is -0.212. The lowest BCUT2D eigenvalue weighted by Crippen LogP contribution is -2.30. The molecular formula is C24H29NO3. The number of benzene rings is 2. The molecule has 2 aromatic carbocycles. The summed E-state index contributed by atoms with van der Waals surface area (Å²) in [5.74, 6) is -0.101. The molecule has 0 bridgehead atoms. The maximum atomic E-state index is 13.1. The van der Waals surface area contributed by atoms with Crippen LogP contribution in [0, 0.1) is 0 Å². The molecule has 1 N–H and O–H groups in total. The van der Waals surface area contributed by atoms with E-state index in [2.05, 4.69) is 48.6 Å². The molecule has 1 aliphatic heterocycles. The first-order valence-corrected chi connectivity index (χ1v) is 10.5. The van der Waals surface area contributed by atoms with E-state index < -0.39 is 0 Å². The van der Waals surface area contributed by atoms with Gasteiger partial charge in [0.15, 0.2) is 6.29 Å². The van der Waals surface area contributed by atoms with Gasteiger partial charge in [-0.05, 0) is 59.9 Å². The summed E-state index contributed by atoms with van der Waals surface area (Å²) in [6, 6.07) is 14.8. The molecule has 4 heteroatoms. The van der Waals surface area contributed by atoms with Crippen molar-refractivity contribution in [3.63, 3.8) is 0 Å². The number of nitrogens with one attached hydrogen (secondary N) is 1. The van der Waals surface area contributed by atoms with Gasteiger partial charge in [0.25, 0.3) is 0 Å². The summed E-state index contributed by atoms with van der Waals surface area (Å²) in [6.45, 7) is 4.38. The maximum absolute atomic E-state index is 13.1. The number of carbonyl (C=O) groups is 1. The predicted molar refractivity (Wildman–Crippen MR) is 110 cm³/mol. The van der Waals surface area contributed by atoms with Crippen molar-refractivity contribution in [3.05, 3.63) is 59.2 Å². The SMILES string of the molecule is CCCNC(=O)C1c2ccccc2-c2cccc(CCCC3OCCCO3)c21. The third-order valence-electron chi connectivity index (χ3n) is 5.64. The lowest BCUT2D eigenvalue weighted by molar-refractivity contribution is -0.181. The number of aryl methyl sites for hydroxylation is 1. The number of hydrogen-bond acceptors (Lipinski definition) is 3. The predicted octanol–water partition coefficient (Wildman–Crippen LogP) is 4.41. The molecule has 0 spiro atoms. The maximum Gasteiger partial charge on any atom is 0.232 e. The van der Waals surface area contributed by atoms with Crippen LogP contribution in [0.25, 0.3) is 11.1 Å². The van der Waals surface area contributed by atoms with Crippen molar-refractivity contribution in [1.82, 2.24) is 5.32 Å². The van der Waals surface area contributed by atoms with Crippen LogP contribution < -0.4 is 5.32 Å². The Morgan fingerprint density at radius 3 is 2.68 bits per heavy atom. The zero-order valence-corrected chi connectivity index (χ0v) is 16.6. The van der Waals surface area contributed by atoms with E-state index in [-0.39, 0.29) is 18.1 Å². The van der Waals surface area contributed by atoms with Gasteiger partial charge in [0, 0.05) is 6.54 Å². The van der Waals surface area contributed by atoms with Crippen LogP contribution in [0.15, 0.2) is 42.5 Å². The minimum absolute atomic E-state index is 0.0774. The highest BCUT2D eigenvalue weighted by Crippen LogP contribution is 2.46. The van der Waals surface area contributed by atoms with E-state index in [0.29, 0.717) is 6.54 Å². The second-order valence-electron chi connectivity index (χ2n) is 7.61. The van der Waals surface area contributed by atoms with Crippen LogP contribution in [0.3, 0.4) is 0 Å². The van der Waals surface area contributed by atoms with Crippen molar-refractivity contribution < 1.29 is 14.3 Å². The molecule has 0 radical (unpaired) electrons. The van der Waals surface area contributed by atoms with Crippen LogP contribution in [0.2, 0.25) is 0 Å². The van der Waals surface area contributed by atoms with Gasteiger partial charge in [-0.1, -0.05) is 49.4 Å². The van der Waals surface area contributed by atoms with Gasteiger partial charge in [-0.15, -0.1) is 0 Å². The molecule has 1 unspecified atom stereocenters. The first-order chi connectivity index (χ1) is 13.8. The first kappa shape index (κ1) is 19.2. The van der Waals surface area contributed by atoms with Gasteiger partial charge in [0.2, 0.25) is 5.91 Å². The van der Waals surface area contributed by atoms with Crippen molar-refractivity contribution >= 4 is 5.91 Å². The summed E-state index contributed by atoms with van der Waals surface area (Å²) >= 11 is 0. The second kappa shape index (κ2) is 8.89. The van der Waals surface area contributed by atoms with Crippen molar-refractivity contribution in [2.45, 2.75) is 51.2 Å². The fourth-order valence-electron chi connectivity index (χ4n) is 4.34. The van der Waals surface area contributed by atoms with E-state index in [1.54, 1.807) is 0 Å². The van der Waals surface area contributed by atoms with E-state index in [9.17, 15) is 4.79 Å². The zero-order valence-electron chi connectivity index (χ0n) is 16.6. The standard InChI is InChI=1S/C24H29NO3/c1-2-14-25-24(26)23-20-11-4-3-10-18(20)19-12-5-8-17(22(19)23)9-6-13-21-27-15-7-16-28-21/h3-5,8,10-12,21,23H,2,6-7,9,13-16H2,1H3,(H,25,26). The summed E-state index contributed by atoms with van der Waals surface area (Å²) in [7, 11) is 0. The fourth-order valence-corrected chi connectivity index (χ4v) is 4.34. The molecule has 1 amide bonds. The smallest absolute Gasteiger partial charge is 0.232 e. The third kappa shape index (κ3) is 3.85. The van der Waals surface area contributed by atoms with Gasteiger partial charge >= 0.3 is 0 Å². The Labute approximate surface area is 167 Å². The molecule has 0 saturated carbocycles. The molecular weight excluding hydrogens is 350 g/mol. The van der Waals surface area contributed by atoms with Crippen LogP contribution in [-0.2, 0) is 20.7 Å². The van der Waals surface area contributed by atoms with Crippen LogP contribution >= 0.6 is 0 Å². The van der Waals surface area contributed by atoms with Crippen LogP contribution in [0.5, 0.6) is 0 Å². The van der Waals surface area contributed by atoms with Gasteiger partial charge in [0.05, 0.1) is 19.1 Å². The topological polar surface area (TPSA) is 47.6 Å². The van der Waals surface area contributed by atoms with Crippen LogP contribution in [0.1, 0.15) is 55.2 Å². The molecule has 4 nitrogen and oxygen atoms in total. The first-order valence-electron chi connectivity index (χ1n) is 10.5. The molecule has 1 heterocycles. The van der Waals surface area contributed by atoms with Gasteiger partial charge in [-0.3, -0.25) is 4.79 Å². The Balaban J connectivity index is 1.58. The molecule has 1 aliphatic carbocycles. The highest BCUT2D eigenvalue weighted by atomic mass is 16.7. The Bertz CT molecular complexity index is 826. The Morgan fingerprint density at radius 2 is 1.86 bits per heavy atom. The highest BCUT2D eigenvalue weighted by Gasteiger charge is 2.35. The van der Waals surface area contributed by atoms with Crippen LogP contribution in [-0.4, -0.2) is 32.0 Å². The van der Waals surface area contributed by atoms with E-state index in [4.69, 9.17) is 9.47 Å². The van der Waals surface area contributed by atoms with Gasteiger partial charge < -0.3 is 14.8 Å². The van der Waals surface area contributed by atoms with Gasteiger partial charge in [0.1, 0.15) is 0 Å². The molecule has 1 atom stereocenters. The average Bonchev–Trinajstić information content (AvgIpc) is 3.08. The number of carbonyl (C=O) groups excluding carboxylic acids is 1. The minimum Gasteiger partial charge on any atom is -0.355 e. The van der Waals surface area contributed by atoms with E-state index in [1.165, 1.54) is 22.3 Å². The van der Waals surface area contributed by atoms with Crippen molar-refractivity contribution in [1.29, 1.82) is 0 Å². The lowest BCUT2D eigenvalue weighted by Gasteiger charge is -2.23. The number of ether oxygens (including phenoxy) is 2. The Hall–Kier alpha value is -2.17. The number of hydrogen-bond donors (Lipinski definition) is 1. The third-order valence-corrected chi connectivity index (χ3v) is 5.64. The molecule has 4 rings (SSSR count). The lowest BCUT2D eigenvalue weighted by atomic mass is 9.90. The molecule has 0 aromatic heterocycles. The summed E-state index contributed by atoms with van der Waals surface area (Å²) in [4.78, 5) is 13.1. The summed E-state index contributed by atoms with van der Waals surface area (Å²) in [5.41, 5.74) is 5.96. The van der Waals surface area contributed by atoms with Crippen molar-refractivity contribution in [3.8, 4) is 11.1 Å². The summed E-state index contributed by atoms with van der Waals surface area (Å²) < 4.78 is 11.4. The Morgan fingerprint density at radius 1 is 1.07 bits per heavy atom. The molecule has 1 saturated heterocycles. The molecule has 1 fully saturated rings. The fraction of sp³-hybridized carbons (Fsp3) is 0.458. The van der Waals surface area contributed by atoms with E-state index >= 15 is 0 Å². The number of fused-ring (bicyclic) bond motifs is 3. The molecule has 28 heavy (non-hydrogen) atoms. The normalized spacial score (nSPS) is 18.5. The quantitative estimate of drug-likeness (QED) is 0.775. The summed E-state index contributed by atoms with van der Waals surface area (Å²) in [6.07, 6.45) is 4.65. The molecule has 2 aromatic rings. The monoisotopic (exact) mass is 379 g/mol. The van der Waals surface area contributed by atoms with E-state index in [0.717, 1.165) is 50.9 Å². The number of amides is 1. The highest BCUT2D eigenvalue weighted by molar-refractivity contribution is 5.96. The van der Waals surface area contributed by atoms with Crippen molar-refractivity contribution in [2.75, 3.05) is 19.8 Å². The largest absolute Gasteiger partial charge is 0.355 e. The van der Waals surface area contributed by atoms with Gasteiger partial charge in [-0.2, -0.15) is 0 Å². The summed E-state index contributed by atoms with van der Waals surface area (Å²) in [5, 5.41) is 3.11. The number of rotatable bonds is 7. The van der Waals surface area contributed by atoms with Gasteiger partial charge in [-0.25, -0.2) is 0 Å².